The molecule has 2 bridgehead atoms. The highest BCUT2D eigenvalue weighted by atomic mass is 16.1. The van der Waals surface area contributed by atoms with Gasteiger partial charge in [-0.05, 0) is 69.4 Å². The summed E-state index contributed by atoms with van der Waals surface area (Å²) in [7, 11) is 0. The Balaban J connectivity index is 1.36. The summed E-state index contributed by atoms with van der Waals surface area (Å²) in [6.45, 7) is 2.28. The summed E-state index contributed by atoms with van der Waals surface area (Å²) >= 11 is 0. The first kappa shape index (κ1) is 12.5. The van der Waals surface area contributed by atoms with E-state index in [0.29, 0.717) is 11.9 Å². The molecular weight excluding hydrogens is 224 g/mol. The summed E-state index contributed by atoms with van der Waals surface area (Å²) in [5, 5.41) is 6.67. The van der Waals surface area contributed by atoms with Crippen molar-refractivity contribution in [3.05, 3.63) is 0 Å². The molecule has 2 aliphatic carbocycles. The van der Waals surface area contributed by atoms with E-state index in [9.17, 15) is 4.79 Å². The normalized spacial score (nSPS) is 35.9. The van der Waals surface area contributed by atoms with Crippen LogP contribution in [0.1, 0.15) is 51.4 Å². The summed E-state index contributed by atoms with van der Waals surface area (Å²) in [4.78, 5) is 12.0. The molecule has 18 heavy (non-hydrogen) atoms. The highest BCUT2D eigenvalue weighted by molar-refractivity contribution is 5.76. The van der Waals surface area contributed by atoms with E-state index in [1.807, 2.05) is 0 Å². The highest BCUT2D eigenvalue weighted by Crippen LogP contribution is 2.44. The zero-order chi connectivity index (χ0) is 12.4. The van der Waals surface area contributed by atoms with E-state index < -0.39 is 0 Å². The van der Waals surface area contributed by atoms with Crippen molar-refractivity contribution in [3.63, 3.8) is 0 Å². The molecule has 1 amide bonds. The lowest BCUT2D eigenvalue weighted by atomic mass is 9.92. The molecule has 0 aromatic heterocycles. The van der Waals surface area contributed by atoms with Crippen molar-refractivity contribution >= 4 is 5.91 Å². The first-order valence-corrected chi connectivity index (χ1v) is 7.81. The largest absolute Gasteiger partial charge is 0.353 e. The molecule has 3 atom stereocenters. The van der Waals surface area contributed by atoms with Gasteiger partial charge >= 0.3 is 0 Å². The average Bonchev–Trinajstić information content (AvgIpc) is 3.00. The van der Waals surface area contributed by atoms with Crippen molar-refractivity contribution in [2.24, 2.45) is 17.8 Å². The van der Waals surface area contributed by atoms with E-state index in [-0.39, 0.29) is 0 Å². The quantitative estimate of drug-likeness (QED) is 0.802. The fourth-order valence-corrected chi connectivity index (χ4v) is 4.21. The molecule has 1 aliphatic heterocycles. The molecule has 1 heterocycles. The Morgan fingerprint density at radius 2 is 1.94 bits per heavy atom. The van der Waals surface area contributed by atoms with Crippen LogP contribution in [0.5, 0.6) is 0 Å². The maximum atomic E-state index is 12.0. The Morgan fingerprint density at radius 3 is 2.61 bits per heavy atom. The maximum Gasteiger partial charge on any atom is 0.220 e. The summed E-state index contributed by atoms with van der Waals surface area (Å²) in [6, 6.07) is 0.518. The van der Waals surface area contributed by atoms with E-state index >= 15 is 0 Å². The summed E-state index contributed by atoms with van der Waals surface area (Å²) < 4.78 is 0. The molecule has 3 fully saturated rings. The first-order chi connectivity index (χ1) is 8.81. The van der Waals surface area contributed by atoms with Crippen LogP contribution in [0.15, 0.2) is 0 Å². The smallest absolute Gasteiger partial charge is 0.220 e. The summed E-state index contributed by atoms with van der Waals surface area (Å²) in [5.74, 6) is 2.81. The number of carbonyl (C=O) groups is 1. The lowest BCUT2D eigenvalue weighted by molar-refractivity contribution is -0.122. The van der Waals surface area contributed by atoms with Crippen LogP contribution in [-0.4, -0.2) is 25.0 Å². The number of hydrogen-bond acceptors (Lipinski definition) is 2. The van der Waals surface area contributed by atoms with Gasteiger partial charge in [0.05, 0.1) is 0 Å². The molecule has 2 N–H and O–H groups in total. The van der Waals surface area contributed by atoms with Crippen LogP contribution in [0.2, 0.25) is 0 Å². The molecule has 102 valence electrons. The van der Waals surface area contributed by atoms with Gasteiger partial charge in [-0.2, -0.15) is 0 Å². The third-order valence-corrected chi connectivity index (χ3v) is 5.32. The number of carbonyl (C=O) groups excluding carboxylic acids is 1. The Labute approximate surface area is 110 Å². The molecular formula is C15H26N2O. The van der Waals surface area contributed by atoms with Crippen molar-refractivity contribution < 1.29 is 4.79 Å². The predicted molar refractivity (Wildman–Crippen MR) is 72.2 cm³/mol. The Hall–Kier alpha value is -0.570. The van der Waals surface area contributed by atoms with Crippen LogP contribution >= 0.6 is 0 Å². The minimum Gasteiger partial charge on any atom is -0.353 e. The first-order valence-electron chi connectivity index (χ1n) is 7.81. The minimum absolute atomic E-state index is 0.311. The van der Waals surface area contributed by atoms with Gasteiger partial charge in [0.2, 0.25) is 5.91 Å². The molecule has 0 spiro atoms. The Bertz CT molecular complexity index is 299. The number of nitrogens with one attached hydrogen (secondary N) is 2. The number of fused-ring (bicyclic) bond motifs is 2. The number of piperidine rings is 1. The lowest BCUT2D eigenvalue weighted by Crippen LogP contribution is -2.38. The van der Waals surface area contributed by atoms with E-state index in [4.69, 9.17) is 0 Å². The van der Waals surface area contributed by atoms with Gasteiger partial charge < -0.3 is 10.6 Å². The van der Waals surface area contributed by atoms with Crippen molar-refractivity contribution in [3.8, 4) is 0 Å². The van der Waals surface area contributed by atoms with E-state index in [0.717, 1.165) is 43.7 Å². The number of hydrogen-bond donors (Lipinski definition) is 2. The third-order valence-electron chi connectivity index (χ3n) is 5.32. The minimum atomic E-state index is 0.311. The molecule has 0 aromatic carbocycles. The van der Waals surface area contributed by atoms with E-state index in [1.54, 1.807) is 0 Å². The molecule has 0 aromatic rings. The van der Waals surface area contributed by atoms with Gasteiger partial charge in [-0.3, -0.25) is 4.79 Å². The molecule has 0 radical (unpaired) electrons. The van der Waals surface area contributed by atoms with Gasteiger partial charge in [-0.25, -0.2) is 0 Å². The van der Waals surface area contributed by atoms with Gasteiger partial charge in [0.1, 0.15) is 0 Å². The van der Waals surface area contributed by atoms with Crippen LogP contribution in [-0.2, 0) is 4.79 Å². The van der Waals surface area contributed by atoms with Crippen LogP contribution in [0.3, 0.4) is 0 Å². The second-order valence-electron chi connectivity index (χ2n) is 6.58. The fourth-order valence-electron chi connectivity index (χ4n) is 4.21. The zero-order valence-corrected chi connectivity index (χ0v) is 11.3. The third kappa shape index (κ3) is 2.87. The second-order valence-corrected chi connectivity index (χ2v) is 6.58. The SMILES string of the molecule is O=C(CCC1CCNCC1)NC1CC2CCC1C2. The van der Waals surface area contributed by atoms with Crippen molar-refractivity contribution in [2.45, 2.75) is 57.4 Å². The number of amides is 1. The van der Waals surface area contributed by atoms with Crippen LogP contribution in [0.4, 0.5) is 0 Å². The lowest BCUT2D eigenvalue weighted by Gasteiger charge is -2.25. The van der Waals surface area contributed by atoms with Crippen molar-refractivity contribution in [1.29, 1.82) is 0 Å². The van der Waals surface area contributed by atoms with E-state index in [1.165, 1.54) is 38.5 Å². The molecule has 3 unspecified atom stereocenters. The molecule has 1 saturated heterocycles. The van der Waals surface area contributed by atoms with E-state index in [2.05, 4.69) is 10.6 Å². The highest BCUT2D eigenvalue weighted by Gasteiger charge is 2.39. The Kier molecular flexibility index (Phi) is 3.88. The maximum absolute atomic E-state index is 12.0. The summed E-state index contributed by atoms with van der Waals surface area (Å²) in [6.07, 6.45) is 9.73. The molecule has 3 rings (SSSR count). The Morgan fingerprint density at radius 1 is 1.11 bits per heavy atom. The molecule has 3 heteroatoms. The molecule has 2 saturated carbocycles. The van der Waals surface area contributed by atoms with Crippen molar-refractivity contribution in [2.75, 3.05) is 13.1 Å². The van der Waals surface area contributed by atoms with Gasteiger partial charge in [-0.1, -0.05) is 6.42 Å². The fraction of sp³-hybridized carbons (Fsp3) is 0.933. The average molecular weight is 250 g/mol. The van der Waals surface area contributed by atoms with Gasteiger partial charge in [0.15, 0.2) is 0 Å². The molecule has 3 aliphatic rings. The van der Waals surface area contributed by atoms with Crippen molar-refractivity contribution in [1.82, 2.24) is 10.6 Å². The monoisotopic (exact) mass is 250 g/mol. The molecule has 3 nitrogen and oxygen atoms in total. The van der Waals surface area contributed by atoms with Crippen LogP contribution < -0.4 is 10.6 Å². The van der Waals surface area contributed by atoms with Crippen LogP contribution in [0.25, 0.3) is 0 Å². The standard InChI is InChI=1S/C15H26N2O/c18-15(4-2-11-5-7-16-8-6-11)17-14-10-12-1-3-13(14)9-12/h11-14,16H,1-10H2,(H,17,18). The van der Waals surface area contributed by atoms with Crippen LogP contribution in [0, 0.1) is 17.8 Å². The summed E-state index contributed by atoms with van der Waals surface area (Å²) in [5.41, 5.74) is 0. The topological polar surface area (TPSA) is 41.1 Å². The predicted octanol–water partition coefficient (Wildman–Crippen LogP) is 2.07. The zero-order valence-electron chi connectivity index (χ0n) is 11.3. The number of rotatable bonds is 4. The second kappa shape index (κ2) is 5.60. The van der Waals surface area contributed by atoms with Gasteiger partial charge in [0, 0.05) is 12.5 Å². The van der Waals surface area contributed by atoms with Gasteiger partial charge in [-0.15, -0.1) is 0 Å². The van der Waals surface area contributed by atoms with Gasteiger partial charge in [0.25, 0.3) is 0 Å².